The van der Waals surface area contributed by atoms with Gasteiger partial charge in [-0.15, -0.1) is 0 Å². The van der Waals surface area contributed by atoms with Gasteiger partial charge in [0.1, 0.15) is 24.2 Å². The smallest absolute Gasteiger partial charge is 0.304 e. The van der Waals surface area contributed by atoms with Crippen molar-refractivity contribution in [3.8, 4) is 5.75 Å². The molecule has 9 nitrogen and oxygen atoms in total. The molecule has 0 saturated carbocycles. The third-order valence-electron chi connectivity index (χ3n) is 5.34. The summed E-state index contributed by atoms with van der Waals surface area (Å²) < 4.78 is 46.7. The van der Waals surface area contributed by atoms with E-state index in [4.69, 9.17) is 4.74 Å². The van der Waals surface area contributed by atoms with Crippen LogP contribution in [0.1, 0.15) is 25.8 Å². The molecule has 1 N–H and O–H groups in total. The van der Waals surface area contributed by atoms with Crippen LogP contribution in [-0.4, -0.2) is 69.8 Å². The number of hydrogen-bond acceptors (Lipinski definition) is 5. The van der Waals surface area contributed by atoms with E-state index in [1.54, 1.807) is 31.2 Å². The number of carbonyl (C=O) groups excluding carboxylic acids is 2. The molecular formula is C24H33FN4O5S. The van der Waals surface area contributed by atoms with Crippen LogP contribution in [0.5, 0.6) is 5.75 Å². The van der Waals surface area contributed by atoms with Gasteiger partial charge < -0.3 is 15.0 Å². The van der Waals surface area contributed by atoms with Crippen LogP contribution in [0.15, 0.2) is 48.5 Å². The van der Waals surface area contributed by atoms with E-state index in [2.05, 4.69) is 5.32 Å². The number of halogens is 1. The van der Waals surface area contributed by atoms with Gasteiger partial charge in [-0.25, -0.2) is 8.70 Å². The molecule has 0 aliphatic carbocycles. The maximum Gasteiger partial charge on any atom is 0.304 e. The Morgan fingerprint density at radius 3 is 2.34 bits per heavy atom. The summed E-state index contributed by atoms with van der Waals surface area (Å²) in [6.45, 7) is 3.42. The molecule has 0 spiro atoms. The van der Waals surface area contributed by atoms with Crippen LogP contribution in [-0.2, 0) is 26.3 Å². The molecule has 2 aromatic carbocycles. The number of nitrogens with zero attached hydrogens (tertiary/aromatic N) is 3. The maximum absolute atomic E-state index is 13.6. The van der Waals surface area contributed by atoms with Gasteiger partial charge in [-0.1, -0.05) is 19.1 Å². The zero-order valence-corrected chi connectivity index (χ0v) is 21.5. The molecule has 11 heteroatoms. The van der Waals surface area contributed by atoms with Gasteiger partial charge in [0.25, 0.3) is 0 Å². The Morgan fingerprint density at radius 2 is 1.77 bits per heavy atom. The van der Waals surface area contributed by atoms with Crippen LogP contribution in [0, 0.1) is 5.82 Å². The van der Waals surface area contributed by atoms with E-state index in [1.165, 1.54) is 38.2 Å². The van der Waals surface area contributed by atoms with Crippen LogP contribution in [0.2, 0.25) is 0 Å². The number of amides is 2. The first kappa shape index (κ1) is 28.1. The quantitative estimate of drug-likeness (QED) is 0.475. The van der Waals surface area contributed by atoms with Gasteiger partial charge in [-0.05, 0) is 55.3 Å². The Bertz CT molecular complexity index is 1110. The highest BCUT2D eigenvalue weighted by Crippen LogP contribution is 2.22. The first-order valence-electron chi connectivity index (χ1n) is 11.2. The molecule has 0 aliphatic rings. The number of carbonyl (C=O) groups is 2. The van der Waals surface area contributed by atoms with E-state index in [0.717, 1.165) is 27.2 Å². The Balaban J connectivity index is 2.44. The van der Waals surface area contributed by atoms with Crippen LogP contribution in [0.25, 0.3) is 0 Å². The minimum atomic E-state index is -4.10. The van der Waals surface area contributed by atoms with E-state index >= 15 is 0 Å². The Kier molecular flexibility index (Phi) is 10.0. The Labute approximate surface area is 206 Å². The van der Waals surface area contributed by atoms with Gasteiger partial charge in [-0.3, -0.25) is 9.59 Å². The predicted molar refractivity (Wildman–Crippen MR) is 133 cm³/mol. The molecule has 2 amide bonds. The molecule has 2 rings (SSSR count). The summed E-state index contributed by atoms with van der Waals surface area (Å²) in [5, 5.41) is 2.78. The zero-order valence-electron chi connectivity index (χ0n) is 20.7. The van der Waals surface area contributed by atoms with Crippen molar-refractivity contribution in [2.75, 3.05) is 38.6 Å². The number of methoxy groups -OCH3 is 1. The van der Waals surface area contributed by atoms with Crippen molar-refractivity contribution in [3.05, 3.63) is 59.9 Å². The predicted octanol–water partition coefficient (Wildman–Crippen LogP) is 2.39. The van der Waals surface area contributed by atoms with Crippen molar-refractivity contribution in [1.82, 2.24) is 14.5 Å². The van der Waals surface area contributed by atoms with Crippen molar-refractivity contribution in [1.29, 1.82) is 0 Å². The van der Waals surface area contributed by atoms with Crippen molar-refractivity contribution in [2.24, 2.45) is 0 Å². The molecule has 0 bridgehead atoms. The summed E-state index contributed by atoms with van der Waals surface area (Å²) in [5.74, 6) is -0.905. The summed E-state index contributed by atoms with van der Waals surface area (Å²) in [6.07, 6.45) is 0.724. The maximum atomic E-state index is 13.6. The molecule has 0 aromatic heterocycles. The number of hydrogen-bond donors (Lipinski definition) is 1. The highest BCUT2D eigenvalue weighted by Gasteiger charge is 2.32. The number of rotatable bonds is 12. The summed E-state index contributed by atoms with van der Waals surface area (Å²) in [6, 6.07) is 11.0. The first-order valence-corrected chi connectivity index (χ1v) is 12.6. The number of ether oxygens (including phenoxy) is 1. The highest BCUT2D eigenvalue weighted by atomic mass is 32.2. The van der Waals surface area contributed by atoms with Gasteiger partial charge in [0.05, 0.1) is 12.8 Å². The SMILES string of the molecule is CCCNC(=O)[C@H](C)N(Cc1cccc(OC)c1)C(=O)CN(c1ccc(F)cc1)S(=O)(=O)N(C)C. The lowest BCUT2D eigenvalue weighted by Crippen LogP contribution is -2.52. The largest absolute Gasteiger partial charge is 0.497 e. The average Bonchev–Trinajstić information content (AvgIpc) is 2.84. The molecule has 0 fully saturated rings. The van der Waals surface area contributed by atoms with Gasteiger partial charge in [0.2, 0.25) is 11.8 Å². The Hall–Kier alpha value is -3.18. The molecule has 192 valence electrons. The monoisotopic (exact) mass is 508 g/mol. The third kappa shape index (κ3) is 7.40. The van der Waals surface area contributed by atoms with E-state index in [-0.39, 0.29) is 18.1 Å². The molecule has 2 aromatic rings. The standard InChI is InChI=1S/C24H33FN4O5S/c1-6-14-26-24(31)18(2)28(16-19-8-7-9-22(15-19)34-5)23(30)17-29(35(32,33)27(3)4)21-12-10-20(25)11-13-21/h7-13,15,18H,6,14,16-17H2,1-5H3,(H,26,31)/t18-/m0/s1. The van der Waals surface area contributed by atoms with Gasteiger partial charge in [0.15, 0.2) is 0 Å². The van der Waals surface area contributed by atoms with E-state index in [9.17, 15) is 22.4 Å². The van der Waals surface area contributed by atoms with Crippen LogP contribution in [0.3, 0.4) is 0 Å². The zero-order chi connectivity index (χ0) is 26.2. The van der Waals surface area contributed by atoms with Crippen LogP contribution < -0.4 is 14.4 Å². The fourth-order valence-electron chi connectivity index (χ4n) is 3.27. The molecule has 1 atom stereocenters. The van der Waals surface area contributed by atoms with Gasteiger partial charge in [-0.2, -0.15) is 12.7 Å². The molecule has 0 aliphatic heterocycles. The number of benzene rings is 2. The van der Waals surface area contributed by atoms with Crippen LogP contribution >= 0.6 is 0 Å². The summed E-state index contributed by atoms with van der Waals surface area (Å²) in [4.78, 5) is 27.6. The normalized spacial score (nSPS) is 12.2. The van der Waals surface area contributed by atoms with Crippen LogP contribution in [0.4, 0.5) is 10.1 Å². The van der Waals surface area contributed by atoms with Gasteiger partial charge in [0, 0.05) is 27.2 Å². The lowest BCUT2D eigenvalue weighted by molar-refractivity contribution is -0.139. The minimum Gasteiger partial charge on any atom is -0.497 e. The van der Waals surface area contributed by atoms with Crippen molar-refractivity contribution in [3.63, 3.8) is 0 Å². The lowest BCUT2D eigenvalue weighted by Gasteiger charge is -2.32. The van der Waals surface area contributed by atoms with E-state index in [1.807, 2.05) is 6.92 Å². The lowest BCUT2D eigenvalue weighted by atomic mass is 10.1. The third-order valence-corrected chi connectivity index (χ3v) is 7.16. The van der Waals surface area contributed by atoms with E-state index < -0.39 is 34.5 Å². The number of nitrogens with one attached hydrogen (secondary N) is 1. The molecule has 35 heavy (non-hydrogen) atoms. The average molecular weight is 509 g/mol. The molecule has 0 radical (unpaired) electrons. The fraction of sp³-hybridized carbons (Fsp3) is 0.417. The van der Waals surface area contributed by atoms with Gasteiger partial charge >= 0.3 is 10.2 Å². The molecule has 0 saturated heterocycles. The topological polar surface area (TPSA) is 99.3 Å². The highest BCUT2D eigenvalue weighted by molar-refractivity contribution is 7.90. The number of anilines is 1. The van der Waals surface area contributed by atoms with Crippen molar-refractivity contribution >= 4 is 27.7 Å². The van der Waals surface area contributed by atoms with Crippen molar-refractivity contribution in [2.45, 2.75) is 32.9 Å². The van der Waals surface area contributed by atoms with Crippen molar-refractivity contribution < 1.29 is 27.1 Å². The summed E-state index contributed by atoms with van der Waals surface area (Å²) in [7, 11) is 0.0993. The second-order valence-corrected chi connectivity index (χ2v) is 10.2. The first-order chi connectivity index (χ1) is 16.5. The molecular weight excluding hydrogens is 475 g/mol. The second-order valence-electron chi connectivity index (χ2n) is 8.11. The Morgan fingerprint density at radius 1 is 1.11 bits per heavy atom. The summed E-state index contributed by atoms with van der Waals surface area (Å²) >= 11 is 0. The fourth-order valence-corrected chi connectivity index (χ4v) is 4.33. The molecule has 0 unspecified atom stereocenters. The van der Waals surface area contributed by atoms with E-state index in [0.29, 0.717) is 17.9 Å². The molecule has 0 heterocycles. The minimum absolute atomic E-state index is 0.0516. The summed E-state index contributed by atoms with van der Waals surface area (Å²) in [5.41, 5.74) is 0.828. The second kappa shape index (κ2) is 12.5.